The van der Waals surface area contributed by atoms with Gasteiger partial charge in [-0.15, -0.1) is 0 Å². The Kier molecular flexibility index (Phi) is 5.57. The Morgan fingerprint density at radius 3 is 2.46 bits per heavy atom. The second kappa shape index (κ2) is 7.87. The zero-order chi connectivity index (χ0) is 18.7. The zero-order valence-corrected chi connectivity index (χ0v) is 16.0. The number of ether oxygens (including phenoxy) is 2. The molecule has 1 aliphatic heterocycles. The molecule has 0 bridgehead atoms. The standard InChI is InChI=1S/C20H23ClN2O3/c1-4-22-20(24)23-10-9-14-11-17(25-2)18(26-3)12-16(14)19(23)13-5-7-15(21)8-6-13/h5-8,11-12,19H,4,9-10H2,1-3H3,(H,22,24). The molecule has 1 atom stereocenters. The van der Waals surface area contributed by atoms with Crippen LogP contribution in [0.1, 0.15) is 29.7 Å². The van der Waals surface area contributed by atoms with Gasteiger partial charge < -0.3 is 19.7 Å². The SMILES string of the molecule is CCNC(=O)N1CCc2cc(OC)c(OC)cc2C1c1ccc(Cl)cc1. The summed E-state index contributed by atoms with van der Waals surface area (Å²) >= 11 is 6.06. The number of carbonyl (C=O) groups excluding carboxylic acids is 1. The Morgan fingerprint density at radius 1 is 1.19 bits per heavy atom. The van der Waals surface area contributed by atoms with Crippen molar-refractivity contribution in [1.29, 1.82) is 0 Å². The van der Waals surface area contributed by atoms with E-state index in [1.165, 1.54) is 0 Å². The fraction of sp³-hybridized carbons (Fsp3) is 0.350. The molecule has 0 fully saturated rings. The molecular weight excluding hydrogens is 352 g/mol. The Bertz CT molecular complexity index is 792. The van der Waals surface area contributed by atoms with Gasteiger partial charge in [0, 0.05) is 18.1 Å². The van der Waals surface area contributed by atoms with E-state index in [0.717, 1.165) is 23.1 Å². The number of carbonyl (C=O) groups is 1. The van der Waals surface area contributed by atoms with E-state index in [2.05, 4.69) is 5.32 Å². The maximum atomic E-state index is 12.7. The Morgan fingerprint density at radius 2 is 1.85 bits per heavy atom. The van der Waals surface area contributed by atoms with Gasteiger partial charge in [0.15, 0.2) is 11.5 Å². The predicted molar refractivity (Wildman–Crippen MR) is 102 cm³/mol. The van der Waals surface area contributed by atoms with E-state index < -0.39 is 0 Å². The maximum Gasteiger partial charge on any atom is 0.318 e. The summed E-state index contributed by atoms with van der Waals surface area (Å²) in [5, 5.41) is 3.58. The number of hydrogen-bond acceptors (Lipinski definition) is 3. The van der Waals surface area contributed by atoms with Crippen molar-refractivity contribution >= 4 is 17.6 Å². The molecule has 0 spiro atoms. The van der Waals surface area contributed by atoms with Gasteiger partial charge in [0.05, 0.1) is 20.3 Å². The molecule has 0 aromatic heterocycles. The molecule has 1 aliphatic rings. The van der Waals surface area contributed by atoms with E-state index in [-0.39, 0.29) is 12.1 Å². The number of nitrogens with one attached hydrogen (secondary N) is 1. The highest BCUT2D eigenvalue weighted by molar-refractivity contribution is 6.30. The molecule has 6 heteroatoms. The molecule has 138 valence electrons. The Hall–Kier alpha value is -2.40. The minimum Gasteiger partial charge on any atom is -0.493 e. The molecule has 2 amide bonds. The lowest BCUT2D eigenvalue weighted by atomic mass is 9.88. The fourth-order valence-electron chi connectivity index (χ4n) is 3.42. The van der Waals surface area contributed by atoms with Crippen molar-refractivity contribution in [2.45, 2.75) is 19.4 Å². The van der Waals surface area contributed by atoms with Crippen molar-refractivity contribution < 1.29 is 14.3 Å². The first kappa shape index (κ1) is 18.4. The number of methoxy groups -OCH3 is 2. The molecule has 2 aromatic carbocycles. The molecule has 0 aliphatic carbocycles. The van der Waals surface area contributed by atoms with Crippen LogP contribution in [0.3, 0.4) is 0 Å². The number of rotatable bonds is 4. The second-order valence-corrected chi connectivity index (χ2v) is 6.58. The van der Waals surface area contributed by atoms with Gasteiger partial charge in [0.1, 0.15) is 0 Å². The molecule has 2 aromatic rings. The molecular formula is C20H23ClN2O3. The van der Waals surface area contributed by atoms with Crippen molar-refractivity contribution in [2.24, 2.45) is 0 Å². The van der Waals surface area contributed by atoms with Crippen LogP contribution in [0.25, 0.3) is 0 Å². The third kappa shape index (κ3) is 3.44. The topological polar surface area (TPSA) is 50.8 Å². The lowest BCUT2D eigenvalue weighted by Gasteiger charge is -2.38. The summed E-state index contributed by atoms with van der Waals surface area (Å²) in [4.78, 5) is 14.5. The van der Waals surface area contributed by atoms with Crippen molar-refractivity contribution in [2.75, 3.05) is 27.3 Å². The van der Waals surface area contributed by atoms with Crippen LogP contribution in [0.4, 0.5) is 4.79 Å². The molecule has 3 rings (SSSR count). The Balaban J connectivity index is 2.13. The van der Waals surface area contributed by atoms with Crippen LogP contribution in [0, 0.1) is 0 Å². The average Bonchev–Trinajstić information content (AvgIpc) is 2.66. The number of fused-ring (bicyclic) bond motifs is 1. The molecule has 0 radical (unpaired) electrons. The summed E-state index contributed by atoms with van der Waals surface area (Å²) in [7, 11) is 3.25. The van der Waals surface area contributed by atoms with E-state index in [1.807, 2.05) is 48.2 Å². The molecule has 1 unspecified atom stereocenters. The van der Waals surface area contributed by atoms with Gasteiger partial charge in [-0.3, -0.25) is 0 Å². The van der Waals surface area contributed by atoms with Crippen LogP contribution in [-0.4, -0.2) is 38.2 Å². The van der Waals surface area contributed by atoms with E-state index in [0.29, 0.717) is 29.6 Å². The fourth-order valence-corrected chi connectivity index (χ4v) is 3.55. The predicted octanol–water partition coefficient (Wildman–Crippen LogP) is 4.03. The van der Waals surface area contributed by atoms with E-state index in [4.69, 9.17) is 21.1 Å². The highest BCUT2D eigenvalue weighted by Gasteiger charge is 2.33. The van der Waals surface area contributed by atoms with Gasteiger partial charge in [-0.05, 0) is 54.3 Å². The van der Waals surface area contributed by atoms with Gasteiger partial charge in [-0.2, -0.15) is 0 Å². The molecule has 1 heterocycles. The number of halogens is 1. The van der Waals surface area contributed by atoms with Crippen molar-refractivity contribution in [3.05, 3.63) is 58.1 Å². The van der Waals surface area contributed by atoms with Gasteiger partial charge in [-0.1, -0.05) is 23.7 Å². The molecule has 0 saturated heterocycles. The average molecular weight is 375 g/mol. The minimum atomic E-state index is -0.206. The molecule has 26 heavy (non-hydrogen) atoms. The maximum absolute atomic E-state index is 12.7. The van der Waals surface area contributed by atoms with E-state index >= 15 is 0 Å². The van der Waals surface area contributed by atoms with Crippen LogP contribution in [0.2, 0.25) is 5.02 Å². The van der Waals surface area contributed by atoms with Gasteiger partial charge in [0.2, 0.25) is 0 Å². The lowest BCUT2D eigenvalue weighted by Crippen LogP contribution is -2.46. The summed E-state index contributed by atoms with van der Waals surface area (Å²) in [6.07, 6.45) is 0.761. The normalized spacial score (nSPS) is 16.0. The molecule has 1 N–H and O–H groups in total. The van der Waals surface area contributed by atoms with Crippen LogP contribution < -0.4 is 14.8 Å². The second-order valence-electron chi connectivity index (χ2n) is 6.14. The van der Waals surface area contributed by atoms with Crippen LogP contribution >= 0.6 is 11.6 Å². The van der Waals surface area contributed by atoms with E-state index in [1.54, 1.807) is 14.2 Å². The summed E-state index contributed by atoms with van der Waals surface area (Å²) < 4.78 is 10.9. The monoisotopic (exact) mass is 374 g/mol. The quantitative estimate of drug-likeness (QED) is 0.878. The summed E-state index contributed by atoms with van der Waals surface area (Å²) in [6.45, 7) is 3.13. The zero-order valence-electron chi connectivity index (χ0n) is 15.2. The first-order valence-electron chi connectivity index (χ1n) is 8.63. The number of hydrogen-bond donors (Lipinski definition) is 1. The van der Waals surface area contributed by atoms with E-state index in [9.17, 15) is 4.79 Å². The molecule has 0 saturated carbocycles. The highest BCUT2D eigenvalue weighted by atomic mass is 35.5. The third-order valence-electron chi connectivity index (χ3n) is 4.65. The largest absolute Gasteiger partial charge is 0.493 e. The van der Waals surface area contributed by atoms with Crippen molar-refractivity contribution in [3.8, 4) is 11.5 Å². The lowest BCUT2D eigenvalue weighted by molar-refractivity contribution is 0.180. The van der Waals surface area contributed by atoms with Gasteiger partial charge >= 0.3 is 6.03 Å². The smallest absolute Gasteiger partial charge is 0.318 e. The van der Waals surface area contributed by atoms with Crippen LogP contribution in [0.15, 0.2) is 36.4 Å². The summed E-state index contributed by atoms with van der Waals surface area (Å²) in [5.74, 6) is 1.36. The first-order chi connectivity index (χ1) is 12.6. The summed E-state index contributed by atoms with van der Waals surface area (Å²) in [5.41, 5.74) is 3.21. The number of nitrogens with zero attached hydrogens (tertiary/aromatic N) is 1. The summed E-state index contributed by atoms with van der Waals surface area (Å²) in [6, 6.07) is 11.3. The number of amides is 2. The first-order valence-corrected chi connectivity index (χ1v) is 9.01. The number of benzene rings is 2. The Labute approximate surface area is 158 Å². The third-order valence-corrected chi connectivity index (χ3v) is 4.90. The highest BCUT2D eigenvalue weighted by Crippen LogP contribution is 2.41. The van der Waals surface area contributed by atoms with Crippen molar-refractivity contribution in [3.63, 3.8) is 0 Å². The van der Waals surface area contributed by atoms with Gasteiger partial charge in [-0.25, -0.2) is 4.79 Å². The minimum absolute atomic E-state index is 0.0760. The van der Waals surface area contributed by atoms with Crippen molar-refractivity contribution in [1.82, 2.24) is 10.2 Å². The van der Waals surface area contributed by atoms with Gasteiger partial charge in [0.25, 0.3) is 0 Å². The van der Waals surface area contributed by atoms with Crippen LogP contribution in [-0.2, 0) is 6.42 Å². The number of urea groups is 1. The van der Waals surface area contributed by atoms with Crippen LogP contribution in [0.5, 0.6) is 11.5 Å². The molecule has 5 nitrogen and oxygen atoms in total.